The largest absolute Gasteiger partial charge is 0.477 e. The lowest BCUT2D eigenvalue weighted by molar-refractivity contribution is -0.140. The van der Waals surface area contributed by atoms with Crippen molar-refractivity contribution in [2.45, 2.75) is 13.8 Å². The minimum Gasteiger partial charge on any atom is -0.477 e. The number of carbonyl (C=O) groups excluding carboxylic acids is 1. The molecule has 0 saturated carbocycles. The van der Waals surface area contributed by atoms with Gasteiger partial charge in [0.1, 0.15) is 5.70 Å². The normalized spacial score (nSPS) is 12.8. The fourth-order valence-corrected chi connectivity index (χ4v) is 0.723. The Bertz CT molecular complexity index is 284. The summed E-state index contributed by atoms with van der Waals surface area (Å²) < 4.78 is 4.40. The van der Waals surface area contributed by atoms with Crippen LogP contribution in [-0.2, 0) is 14.3 Å². The average molecular weight is 214 g/mol. The van der Waals surface area contributed by atoms with Gasteiger partial charge in [-0.25, -0.2) is 4.79 Å². The molecular weight excluding hydrogens is 200 g/mol. The Labute approximate surface area is 87.6 Å². The molecule has 2 N–H and O–H groups in total. The molecule has 84 valence electrons. The lowest BCUT2D eigenvalue weighted by atomic mass is 10.4. The van der Waals surface area contributed by atoms with Crippen molar-refractivity contribution >= 4 is 18.3 Å². The number of carbonyl (C=O) groups is 2. The van der Waals surface area contributed by atoms with Gasteiger partial charge in [-0.05, 0) is 13.0 Å². The maximum Gasteiger partial charge on any atom is 0.352 e. The first kappa shape index (κ1) is 13.2. The molecule has 6 heteroatoms. The number of carboxylic acid groups (broad SMARTS) is 1. The van der Waals surface area contributed by atoms with E-state index in [-0.39, 0.29) is 11.7 Å². The lowest BCUT2D eigenvalue weighted by Crippen LogP contribution is -2.21. The van der Waals surface area contributed by atoms with Crippen LogP contribution in [0.3, 0.4) is 0 Å². The summed E-state index contributed by atoms with van der Waals surface area (Å²) in [5.41, 5.74) is 0.199. The molecule has 0 bridgehead atoms. The summed E-state index contributed by atoms with van der Waals surface area (Å²) in [5, 5.41) is 10.8. The minimum atomic E-state index is -0.943. The quantitative estimate of drug-likeness (QED) is 0.639. The van der Waals surface area contributed by atoms with Gasteiger partial charge in [-0.1, -0.05) is 0 Å². The third kappa shape index (κ3) is 7.24. The van der Waals surface area contributed by atoms with E-state index in [9.17, 15) is 9.59 Å². The molecule has 0 aromatic carbocycles. The van der Waals surface area contributed by atoms with E-state index >= 15 is 0 Å². The van der Waals surface area contributed by atoms with Crippen LogP contribution in [0.1, 0.15) is 13.8 Å². The van der Waals surface area contributed by atoms with Crippen LogP contribution in [0, 0.1) is 0 Å². The van der Waals surface area contributed by atoms with Gasteiger partial charge in [-0.15, -0.1) is 0 Å². The zero-order chi connectivity index (χ0) is 11.7. The van der Waals surface area contributed by atoms with Gasteiger partial charge in [-0.3, -0.25) is 9.79 Å². The van der Waals surface area contributed by atoms with Crippen molar-refractivity contribution in [2.75, 3.05) is 13.2 Å². The number of ether oxygens (including phenoxy) is 1. The Kier molecular flexibility index (Phi) is 6.61. The monoisotopic (exact) mass is 214 g/mol. The van der Waals surface area contributed by atoms with E-state index in [1.165, 1.54) is 19.3 Å². The molecule has 0 unspecified atom stereocenters. The number of nitrogens with zero attached hydrogens (tertiary/aromatic N) is 1. The maximum absolute atomic E-state index is 10.2. The van der Waals surface area contributed by atoms with Gasteiger partial charge in [-0.2, -0.15) is 0 Å². The second-order valence-corrected chi connectivity index (χ2v) is 2.49. The number of hydrogen-bond acceptors (Lipinski definition) is 5. The second-order valence-electron chi connectivity index (χ2n) is 2.49. The summed E-state index contributed by atoms with van der Waals surface area (Å²) >= 11 is 0. The summed E-state index contributed by atoms with van der Waals surface area (Å²) in [6.07, 6.45) is 2.89. The first-order valence-corrected chi connectivity index (χ1v) is 4.39. The van der Waals surface area contributed by atoms with Gasteiger partial charge in [0.05, 0.1) is 19.5 Å². The molecule has 0 radical (unpaired) electrons. The number of rotatable bonds is 2. The van der Waals surface area contributed by atoms with Gasteiger partial charge < -0.3 is 15.2 Å². The topological polar surface area (TPSA) is 88.0 Å². The molecule has 0 atom stereocenters. The highest BCUT2D eigenvalue weighted by Gasteiger charge is 2.05. The van der Waals surface area contributed by atoms with Crippen molar-refractivity contribution in [1.29, 1.82) is 0 Å². The highest BCUT2D eigenvalue weighted by atomic mass is 16.5. The Morgan fingerprint density at radius 2 is 2.33 bits per heavy atom. The predicted molar refractivity (Wildman–Crippen MR) is 54.5 cm³/mol. The molecule has 0 aromatic heterocycles. The highest BCUT2D eigenvalue weighted by molar-refractivity contribution is 5.89. The van der Waals surface area contributed by atoms with Crippen molar-refractivity contribution in [2.24, 2.45) is 4.99 Å². The maximum atomic E-state index is 10.2. The van der Waals surface area contributed by atoms with E-state index in [2.05, 4.69) is 15.0 Å². The van der Waals surface area contributed by atoms with Gasteiger partial charge in [0, 0.05) is 6.92 Å². The molecule has 0 aromatic rings. The van der Waals surface area contributed by atoms with E-state index < -0.39 is 5.97 Å². The Morgan fingerprint density at radius 1 is 1.67 bits per heavy atom. The van der Waals surface area contributed by atoms with Crippen LogP contribution in [0.5, 0.6) is 0 Å². The molecule has 1 aliphatic rings. The van der Waals surface area contributed by atoms with Crippen LogP contribution in [-0.4, -0.2) is 36.5 Å². The highest BCUT2D eigenvalue weighted by Crippen LogP contribution is 1.91. The summed E-state index contributed by atoms with van der Waals surface area (Å²) in [4.78, 5) is 23.7. The molecule has 6 nitrogen and oxygen atoms in total. The fraction of sp³-hybridized carbons (Fsp3) is 0.444. The third-order valence-electron chi connectivity index (χ3n) is 1.29. The Hall–Kier alpha value is -1.85. The van der Waals surface area contributed by atoms with Crippen LogP contribution in [0.15, 0.2) is 16.8 Å². The van der Waals surface area contributed by atoms with E-state index in [1.54, 1.807) is 6.92 Å². The van der Waals surface area contributed by atoms with Crippen LogP contribution < -0.4 is 5.32 Å². The first-order valence-electron chi connectivity index (χ1n) is 4.39. The van der Waals surface area contributed by atoms with Gasteiger partial charge in [0.15, 0.2) is 0 Å². The molecule has 1 rings (SSSR count). The van der Waals surface area contributed by atoms with Crippen molar-refractivity contribution in [3.8, 4) is 0 Å². The molecule has 0 fully saturated rings. The zero-order valence-corrected chi connectivity index (χ0v) is 8.69. The number of carboxylic acids is 1. The molecule has 15 heavy (non-hydrogen) atoms. The summed E-state index contributed by atoms with van der Waals surface area (Å²) in [6, 6.07) is 0. The van der Waals surface area contributed by atoms with Crippen molar-refractivity contribution < 1.29 is 19.4 Å². The van der Waals surface area contributed by atoms with Crippen LogP contribution in [0.4, 0.5) is 0 Å². The van der Waals surface area contributed by atoms with E-state index in [4.69, 9.17) is 5.11 Å². The Balaban J connectivity index is 0.000000288. The van der Waals surface area contributed by atoms with Crippen LogP contribution in [0.25, 0.3) is 0 Å². The number of aliphatic imine (C=N–C) groups is 1. The van der Waals surface area contributed by atoms with E-state index in [1.807, 2.05) is 0 Å². The molecule has 1 heterocycles. The van der Waals surface area contributed by atoms with E-state index in [0.717, 1.165) is 0 Å². The van der Waals surface area contributed by atoms with Crippen molar-refractivity contribution in [3.05, 3.63) is 11.8 Å². The van der Waals surface area contributed by atoms with Crippen LogP contribution in [0.2, 0.25) is 0 Å². The SMILES string of the molecule is CCOC(C)=O.O=C(O)C1=CCN=CN1. The average Bonchev–Trinajstić information content (AvgIpc) is 2.20. The second kappa shape index (κ2) is 7.54. The molecule has 1 aliphatic heterocycles. The summed E-state index contributed by atoms with van der Waals surface area (Å²) in [5.74, 6) is -1.15. The molecule has 0 amide bonds. The summed E-state index contributed by atoms with van der Waals surface area (Å²) in [6.45, 7) is 4.11. The van der Waals surface area contributed by atoms with Crippen molar-refractivity contribution in [1.82, 2.24) is 5.32 Å². The first-order chi connectivity index (χ1) is 7.07. The van der Waals surface area contributed by atoms with Crippen LogP contribution >= 0.6 is 0 Å². The fourth-order valence-electron chi connectivity index (χ4n) is 0.723. The van der Waals surface area contributed by atoms with Crippen molar-refractivity contribution in [3.63, 3.8) is 0 Å². The minimum absolute atomic E-state index is 0.199. The Morgan fingerprint density at radius 3 is 2.53 bits per heavy atom. The lowest BCUT2D eigenvalue weighted by Gasteiger charge is -2.03. The van der Waals surface area contributed by atoms with Gasteiger partial charge in [0.2, 0.25) is 0 Å². The van der Waals surface area contributed by atoms with Gasteiger partial charge >= 0.3 is 11.9 Å². The number of aliphatic carboxylic acids is 1. The number of esters is 1. The predicted octanol–water partition coefficient (Wildman–Crippen LogP) is 0.156. The van der Waals surface area contributed by atoms with Gasteiger partial charge in [0.25, 0.3) is 0 Å². The van der Waals surface area contributed by atoms with E-state index in [0.29, 0.717) is 13.2 Å². The molecule has 0 spiro atoms. The number of nitrogens with one attached hydrogen (secondary N) is 1. The smallest absolute Gasteiger partial charge is 0.352 e. The number of hydrogen-bond donors (Lipinski definition) is 2. The zero-order valence-electron chi connectivity index (χ0n) is 8.69. The molecule has 0 aliphatic carbocycles. The standard InChI is InChI=1S/C5H6N2O2.C4H8O2/c8-5(9)4-1-2-6-3-7-4;1-3-6-4(2)5/h1,3H,2H2,(H,6,7)(H,8,9);3H2,1-2H3. The third-order valence-corrected chi connectivity index (χ3v) is 1.29. The summed E-state index contributed by atoms with van der Waals surface area (Å²) in [7, 11) is 0. The molecule has 0 saturated heterocycles. The molecular formula is C9H14N2O4.